The number of ether oxygens (including phenoxy) is 3. The van der Waals surface area contributed by atoms with Gasteiger partial charge in [-0.1, -0.05) is 269 Å². The van der Waals surface area contributed by atoms with Crippen LogP contribution in [0.4, 0.5) is 0 Å². The number of hydrogen-bond acceptors (Lipinski definition) is 17. The second-order valence-corrected chi connectivity index (χ2v) is 38.9. The summed E-state index contributed by atoms with van der Waals surface area (Å²) in [5.41, 5.74) is 18.9. The zero-order chi connectivity index (χ0) is 94.3. The van der Waals surface area contributed by atoms with Gasteiger partial charge in [0.1, 0.15) is 40.3 Å². The summed E-state index contributed by atoms with van der Waals surface area (Å²) < 4.78 is 229. The van der Waals surface area contributed by atoms with Crippen LogP contribution >= 0.6 is 0 Å². The molecule has 129 heavy (non-hydrogen) atoms. The van der Waals surface area contributed by atoms with Crippen LogP contribution in [0.3, 0.4) is 0 Å². The lowest BCUT2D eigenvalue weighted by atomic mass is 10.0. The predicted molar refractivity (Wildman–Crippen MR) is 502 cm³/mol. The summed E-state index contributed by atoms with van der Waals surface area (Å²) >= 11 is 0. The summed E-state index contributed by atoms with van der Waals surface area (Å²) in [7, 11) is -28.6. The largest absolute Gasteiger partial charge is 0.475 e. The van der Waals surface area contributed by atoms with E-state index in [2.05, 4.69) is 11.8 Å². The maximum Gasteiger partial charge on any atom is 0.300 e. The molecular formula is C98H92O24S7. The van der Waals surface area contributed by atoms with Gasteiger partial charge in [0.05, 0.1) is 19.6 Å². The summed E-state index contributed by atoms with van der Waals surface area (Å²) in [4.78, 5) is -0.472. The number of hydrogen-bond donors (Lipinski definition) is 7. The van der Waals surface area contributed by atoms with Gasteiger partial charge in [-0.3, -0.25) is 31.9 Å². The molecule has 0 atom stereocenters. The molecule has 14 aromatic carbocycles. The molecule has 0 amide bonds. The Morgan fingerprint density at radius 1 is 0.225 bits per heavy atom. The van der Waals surface area contributed by atoms with Gasteiger partial charge in [0, 0.05) is 11.1 Å². The van der Waals surface area contributed by atoms with Crippen molar-refractivity contribution in [3.8, 4) is 74.0 Å². The molecule has 14 rings (SSSR count). The molecule has 7 N–H and O–H groups in total. The summed E-state index contributed by atoms with van der Waals surface area (Å²) in [6, 6.07) is 99.3. The second-order valence-electron chi connectivity index (χ2n) is 28.9. The minimum absolute atomic E-state index is 0.0895. The minimum Gasteiger partial charge on any atom is -0.475 e. The van der Waals surface area contributed by atoms with Gasteiger partial charge >= 0.3 is 10.1 Å². The van der Waals surface area contributed by atoms with E-state index in [1.807, 2.05) is 255 Å². The molecule has 0 fully saturated rings. The molecule has 0 bridgehead atoms. The van der Waals surface area contributed by atoms with Crippen LogP contribution in [0.5, 0.6) is 28.7 Å². The van der Waals surface area contributed by atoms with E-state index in [0.29, 0.717) is 45.4 Å². The Morgan fingerprint density at radius 3 is 0.690 bits per heavy atom. The number of aryl methyl sites for hydroxylation is 7. The fourth-order valence-electron chi connectivity index (χ4n) is 11.1. The third-order valence-corrected chi connectivity index (χ3v) is 23.3. The van der Waals surface area contributed by atoms with Crippen molar-refractivity contribution in [3.63, 3.8) is 0 Å². The van der Waals surface area contributed by atoms with E-state index in [4.69, 9.17) is 46.1 Å². The van der Waals surface area contributed by atoms with Gasteiger partial charge in [-0.05, 0) is 238 Å². The van der Waals surface area contributed by atoms with Gasteiger partial charge in [-0.2, -0.15) is 58.9 Å². The van der Waals surface area contributed by atoms with Crippen molar-refractivity contribution in [2.24, 2.45) is 0 Å². The van der Waals surface area contributed by atoms with Crippen molar-refractivity contribution in [1.82, 2.24) is 0 Å². The lowest BCUT2D eigenvalue weighted by Gasteiger charge is -2.06. The monoisotopic (exact) mass is 1880 g/mol. The van der Waals surface area contributed by atoms with Crippen LogP contribution in [0.15, 0.2) is 359 Å². The van der Waals surface area contributed by atoms with E-state index < -0.39 is 82.5 Å². The summed E-state index contributed by atoms with van der Waals surface area (Å²) in [5.74, 6) is 7.34. The summed E-state index contributed by atoms with van der Waals surface area (Å²) in [6.45, 7) is 14.1. The summed E-state index contributed by atoms with van der Waals surface area (Å²) in [6.07, 6.45) is 3.83. The van der Waals surface area contributed by atoms with E-state index in [0.717, 1.165) is 61.2 Å². The SMILES string of the molecule is Cc1ccc(-c2ccc(CS(=O)(=O)O)cc2)cc1.Cc1ccc(-c2ccc(OCS(=O)(=O)O)cc2)cc1.Cc1ccc(-c2ccc(S(=O)(=O)O)cc2)cc1.Cc1ccc(C#Cc2ccc(S(=O)(=O)O)cc2)cc1.Cc1ccc(C=Cc2ccc(S(=O)(=O)O)cc2)cc1.Cc1ccc(Oc2ccc(CS(=O)(=O)O)cc2)cc1.Cc1ccc(Oc2ccc(S(=O)(=O)O)cc2)cc1. The van der Waals surface area contributed by atoms with Crippen molar-refractivity contribution in [1.29, 1.82) is 0 Å². The van der Waals surface area contributed by atoms with Crippen molar-refractivity contribution >= 4 is 83.0 Å². The van der Waals surface area contributed by atoms with Gasteiger partial charge in [0.25, 0.3) is 60.7 Å². The highest BCUT2D eigenvalue weighted by Gasteiger charge is 2.15. The molecule has 14 aromatic rings. The predicted octanol–water partition coefficient (Wildman–Crippen LogP) is 21.1. The maximum absolute atomic E-state index is 10.9. The fraction of sp³-hybridized carbons (Fsp3) is 0.102. The number of rotatable bonds is 20. The van der Waals surface area contributed by atoms with E-state index in [1.54, 1.807) is 84.9 Å². The average Bonchev–Trinajstić information content (AvgIpc) is 1.25. The molecule has 0 aromatic heterocycles. The molecule has 0 aliphatic carbocycles. The number of benzene rings is 14. The lowest BCUT2D eigenvalue weighted by molar-refractivity contribution is 0.353. The first-order valence-electron chi connectivity index (χ1n) is 38.7. The molecule has 0 spiro atoms. The molecule has 0 saturated heterocycles. The molecule has 0 saturated carbocycles. The van der Waals surface area contributed by atoms with E-state index in [1.165, 1.54) is 88.5 Å². The molecule has 0 heterocycles. The molecule has 0 aliphatic heterocycles. The lowest BCUT2D eigenvalue weighted by Crippen LogP contribution is -2.10. The Labute approximate surface area is 753 Å². The molecule has 31 heteroatoms. The summed E-state index contributed by atoms with van der Waals surface area (Å²) in [5, 5.41) is 0. The molecule has 0 unspecified atom stereocenters. The highest BCUT2D eigenvalue weighted by atomic mass is 32.2. The van der Waals surface area contributed by atoms with Crippen LogP contribution in [-0.4, -0.2) is 96.7 Å². The van der Waals surface area contributed by atoms with Gasteiger partial charge in [-0.25, -0.2) is 0 Å². The van der Waals surface area contributed by atoms with Crippen molar-refractivity contribution < 1.29 is 105 Å². The quantitative estimate of drug-likeness (QED) is 0.0212. The molecule has 0 aliphatic rings. The Morgan fingerprint density at radius 2 is 0.411 bits per heavy atom. The van der Waals surface area contributed by atoms with Gasteiger partial charge < -0.3 is 14.2 Å². The molecular weight excluding hydrogens is 1790 g/mol. The van der Waals surface area contributed by atoms with E-state index >= 15 is 0 Å². The third kappa shape index (κ3) is 37.9. The van der Waals surface area contributed by atoms with Crippen molar-refractivity contribution in [2.45, 2.75) is 79.6 Å². The van der Waals surface area contributed by atoms with E-state index in [9.17, 15) is 58.9 Å². The standard InChI is InChI=1S/C15H14O3S.C15H12O3S.2C14H14O4S.C14H14O3S.C13H12O4S.C13H12O3S/c2*1-12-2-4-13(5-3-12)6-7-14-8-10-15(11-9-14)19(16,17)18;1-11-2-6-13(7-3-11)18-14-8-4-12(5-9-14)10-19(15,16)17;1-11-2-4-12(5-3-11)13-6-8-14(9-7-13)18-10-19(15,16)17;1-11-2-6-13(7-3-11)14-8-4-12(5-9-14)10-18(15,16)17;1-10-2-4-11(5-3-10)17-12-6-8-13(9-7-12)18(14,15)16;1-10-2-4-11(5-3-10)12-6-8-13(9-7-12)17(14,15)16/h2-11H,1H3,(H,16,17,18);2-5,8-11H,1H3,(H,16,17,18);2*2-9H,10H2,1H3,(H,15,16,17);2-9H,10H2,1H3,(H,15,16,17);2-9H,1H3,(H,14,15,16);2-9H,1H3,(H,14,15,16). The first kappa shape index (κ1) is 102. The normalized spacial score (nSPS) is 11.3. The maximum atomic E-state index is 10.9. The first-order chi connectivity index (χ1) is 60.6. The van der Waals surface area contributed by atoms with Crippen LogP contribution in [0.1, 0.15) is 72.3 Å². The highest BCUT2D eigenvalue weighted by molar-refractivity contribution is 7.87. The Balaban J connectivity index is 0.000000186. The fourth-order valence-corrected chi connectivity index (χ4v) is 14.5. The molecule has 0 radical (unpaired) electrons. The van der Waals surface area contributed by atoms with Gasteiger partial charge in [-0.15, -0.1) is 0 Å². The Bertz CT molecular complexity index is 6970. The van der Waals surface area contributed by atoms with Crippen LogP contribution in [0.25, 0.3) is 45.5 Å². The topological polar surface area (TPSA) is 408 Å². The first-order valence-corrected chi connectivity index (χ1v) is 49.3. The van der Waals surface area contributed by atoms with E-state index in [-0.39, 0.29) is 25.3 Å². The van der Waals surface area contributed by atoms with Crippen molar-refractivity contribution in [2.75, 3.05) is 5.94 Å². The zero-order valence-electron chi connectivity index (χ0n) is 70.5. The second kappa shape index (κ2) is 46.8. The average molecular weight is 1880 g/mol. The highest BCUT2D eigenvalue weighted by Crippen LogP contribution is 2.29. The van der Waals surface area contributed by atoms with Crippen molar-refractivity contribution in [3.05, 3.63) is 412 Å². The Hall–Kier alpha value is -12.9. The van der Waals surface area contributed by atoms with Crippen LogP contribution in [0, 0.1) is 60.3 Å². The van der Waals surface area contributed by atoms with Crippen LogP contribution < -0.4 is 14.2 Å². The molecule has 24 nitrogen and oxygen atoms in total. The zero-order valence-corrected chi connectivity index (χ0v) is 76.3. The Kier molecular flexibility index (Phi) is 36.8. The van der Waals surface area contributed by atoms with Crippen LogP contribution in [-0.2, 0) is 82.3 Å². The smallest absolute Gasteiger partial charge is 0.300 e. The van der Waals surface area contributed by atoms with Crippen LogP contribution in [0.2, 0.25) is 0 Å². The minimum atomic E-state index is -4.15. The van der Waals surface area contributed by atoms with Gasteiger partial charge in [0.2, 0.25) is 5.94 Å². The van der Waals surface area contributed by atoms with Gasteiger partial charge in [0.15, 0.2) is 0 Å². The third-order valence-electron chi connectivity index (χ3n) is 18.0. The molecule has 670 valence electrons.